The highest BCUT2D eigenvalue weighted by Gasteiger charge is 2.20. The molecular formula is C14H19N. The smallest absolute Gasteiger partial charge is 0.0320 e. The van der Waals surface area contributed by atoms with Crippen molar-refractivity contribution in [2.75, 3.05) is 6.54 Å². The van der Waals surface area contributed by atoms with E-state index in [0.717, 1.165) is 0 Å². The second-order valence-corrected chi connectivity index (χ2v) is 4.98. The first-order valence-electron chi connectivity index (χ1n) is 6.20. The lowest BCUT2D eigenvalue weighted by atomic mass is 9.96. The first kappa shape index (κ1) is 9.41. The van der Waals surface area contributed by atoms with Gasteiger partial charge in [0, 0.05) is 6.04 Å². The van der Waals surface area contributed by atoms with E-state index in [0.29, 0.717) is 6.04 Å². The fourth-order valence-corrected chi connectivity index (χ4v) is 3.13. The van der Waals surface area contributed by atoms with Crippen LogP contribution in [0, 0.1) is 6.92 Å². The van der Waals surface area contributed by atoms with Gasteiger partial charge in [0.1, 0.15) is 0 Å². The third kappa shape index (κ3) is 1.59. The number of benzene rings is 1. The van der Waals surface area contributed by atoms with Crippen LogP contribution in [0.25, 0.3) is 0 Å². The van der Waals surface area contributed by atoms with Gasteiger partial charge in [-0.05, 0) is 67.8 Å². The van der Waals surface area contributed by atoms with Crippen molar-refractivity contribution < 1.29 is 0 Å². The first-order valence-corrected chi connectivity index (χ1v) is 6.20. The monoisotopic (exact) mass is 201 g/mol. The standard InChI is InChI=1S/C14H19N/c1-10-8-12(14-6-3-7-15-14)9-11-4-2-5-13(10)11/h8-9,14-15H,2-7H2,1H3/t14-/m0/s1. The van der Waals surface area contributed by atoms with Crippen LogP contribution in [0.1, 0.15) is 47.6 Å². The minimum absolute atomic E-state index is 0.634. The lowest BCUT2D eigenvalue weighted by molar-refractivity contribution is 0.646. The summed E-state index contributed by atoms with van der Waals surface area (Å²) in [5, 5.41) is 3.59. The van der Waals surface area contributed by atoms with Gasteiger partial charge in [-0.2, -0.15) is 0 Å². The fraction of sp³-hybridized carbons (Fsp3) is 0.571. The van der Waals surface area contributed by atoms with E-state index in [9.17, 15) is 0 Å². The van der Waals surface area contributed by atoms with Gasteiger partial charge in [0.15, 0.2) is 0 Å². The molecule has 0 unspecified atom stereocenters. The minimum atomic E-state index is 0.634. The molecular weight excluding hydrogens is 182 g/mol. The topological polar surface area (TPSA) is 12.0 Å². The van der Waals surface area contributed by atoms with Gasteiger partial charge in [0.05, 0.1) is 0 Å². The first-order chi connectivity index (χ1) is 7.34. The molecule has 2 aliphatic rings. The maximum absolute atomic E-state index is 3.59. The maximum Gasteiger partial charge on any atom is 0.0320 e. The lowest BCUT2D eigenvalue weighted by Gasteiger charge is -2.14. The van der Waals surface area contributed by atoms with Crippen molar-refractivity contribution in [2.24, 2.45) is 0 Å². The second-order valence-electron chi connectivity index (χ2n) is 4.98. The summed E-state index contributed by atoms with van der Waals surface area (Å²) in [6.45, 7) is 3.48. The zero-order chi connectivity index (χ0) is 10.3. The van der Waals surface area contributed by atoms with E-state index in [1.807, 2.05) is 0 Å². The van der Waals surface area contributed by atoms with Gasteiger partial charge >= 0.3 is 0 Å². The Morgan fingerprint density at radius 3 is 2.93 bits per heavy atom. The summed E-state index contributed by atoms with van der Waals surface area (Å²) in [5.41, 5.74) is 6.31. The summed E-state index contributed by atoms with van der Waals surface area (Å²) in [4.78, 5) is 0. The van der Waals surface area contributed by atoms with E-state index in [-0.39, 0.29) is 0 Å². The summed E-state index contributed by atoms with van der Waals surface area (Å²) in [6.07, 6.45) is 6.62. The van der Waals surface area contributed by atoms with Crippen molar-refractivity contribution in [3.05, 3.63) is 34.4 Å². The molecule has 0 saturated carbocycles. The molecule has 1 heteroatoms. The Labute approximate surface area is 91.9 Å². The summed E-state index contributed by atoms with van der Waals surface area (Å²) >= 11 is 0. The number of hydrogen-bond donors (Lipinski definition) is 1. The van der Waals surface area contributed by atoms with E-state index in [4.69, 9.17) is 0 Å². The average Bonchev–Trinajstić information content (AvgIpc) is 2.88. The summed E-state index contributed by atoms with van der Waals surface area (Å²) in [6, 6.07) is 5.50. The van der Waals surface area contributed by atoms with E-state index >= 15 is 0 Å². The highest BCUT2D eigenvalue weighted by molar-refractivity contribution is 5.42. The lowest BCUT2D eigenvalue weighted by Crippen LogP contribution is -2.13. The summed E-state index contributed by atoms with van der Waals surface area (Å²) < 4.78 is 0. The van der Waals surface area contributed by atoms with Crippen LogP contribution in [0.4, 0.5) is 0 Å². The minimum Gasteiger partial charge on any atom is -0.310 e. The van der Waals surface area contributed by atoms with Crippen LogP contribution in [0.3, 0.4) is 0 Å². The highest BCUT2D eigenvalue weighted by atomic mass is 14.9. The predicted molar refractivity (Wildman–Crippen MR) is 63.2 cm³/mol. The summed E-state index contributed by atoms with van der Waals surface area (Å²) in [5.74, 6) is 0. The van der Waals surface area contributed by atoms with Crippen molar-refractivity contribution in [1.29, 1.82) is 0 Å². The number of nitrogens with one attached hydrogen (secondary N) is 1. The van der Waals surface area contributed by atoms with Crippen LogP contribution < -0.4 is 5.32 Å². The van der Waals surface area contributed by atoms with E-state index in [1.165, 1.54) is 49.8 Å². The molecule has 0 spiro atoms. The average molecular weight is 201 g/mol. The quantitative estimate of drug-likeness (QED) is 0.736. The van der Waals surface area contributed by atoms with Crippen LogP contribution in [0.15, 0.2) is 12.1 Å². The predicted octanol–water partition coefficient (Wildman–Crippen LogP) is 2.91. The fourth-order valence-electron chi connectivity index (χ4n) is 3.13. The van der Waals surface area contributed by atoms with Gasteiger partial charge in [-0.1, -0.05) is 12.1 Å². The Hall–Kier alpha value is -0.820. The van der Waals surface area contributed by atoms with Gasteiger partial charge in [0.2, 0.25) is 0 Å². The molecule has 1 fully saturated rings. The molecule has 3 rings (SSSR count). The van der Waals surface area contributed by atoms with Crippen LogP contribution >= 0.6 is 0 Å². The van der Waals surface area contributed by atoms with Crippen LogP contribution in [0.2, 0.25) is 0 Å². The van der Waals surface area contributed by atoms with Crippen LogP contribution in [-0.2, 0) is 12.8 Å². The Bertz CT molecular complexity index is 375. The maximum atomic E-state index is 3.59. The molecule has 1 heterocycles. The number of aryl methyl sites for hydroxylation is 2. The Balaban J connectivity index is 1.99. The molecule has 1 nitrogen and oxygen atoms in total. The highest BCUT2D eigenvalue weighted by Crippen LogP contribution is 2.31. The third-order valence-electron chi connectivity index (χ3n) is 3.92. The Morgan fingerprint density at radius 2 is 2.13 bits per heavy atom. The number of rotatable bonds is 1. The van der Waals surface area contributed by atoms with Crippen LogP contribution in [-0.4, -0.2) is 6.54 Å². The van der Waals surface area contributed by atoms with Crippen LogP contribution in [0.5, 0.6) is 0 Å². The van der Waals surface area contributed by atoms with E-state index < -0.39 is 0 Å². The van der Waals surface area contributed by atoms with Crippen molar-refractivity contribution in [3.63, 3.8) is 0 Å². The largest absolute Gasteiger partial charge is 0.310 e. The SMILES string of the molecule is Cc1cc([C@@H]2CCCN2)cc2c1CCC2. The molecule has 1 aromatic rings. The Morgan fingerprint density at radius 1 is 1.20 bits per heavy atom. The molecule has 15 heavy (non-hydrogen) atoms. The number of fused-ring (bicyclic) bond motifs is 1. The van der Waals surface area contributed by atoms with Gasteiger partial charge in [0.25, 0.3) is 0 Å². The van der Waals surface area contributed by atoms with Crippen molar-refractivity contribution in [1.82, 2.24) is 5.32 Å². The van der Waals surface area contributed by atoms with Gasteiger partial charge in [-0.15, -0.1) is 0 Å². The molecule has 1 aliphatic carbocycles. The summed E-state index contributed by atoms with van der Waals surface area (Å²) in [7, 11) is 0. The molecule has 1 N–H and O–H groups in total. The zero-order valence-electron chi connectivity index (χ0n) is 9.47. The molecule has 80 valence electrons. The van der Waals surface area contributed by atoms with Crippen molar-refractivity contribution >= 4 is 0 Å². The normalized spacial score (nSPS) is 24.5. The van der Waals surface area contributed by atoms with Crippen molar-refractivity contribution in [2.45, 2.75) is 45.1 Å². The van der Waals surface area contributed by atoms with Gasteiger partial charge in [-0.3, -0.25) is 0 Å². The molecule has 1 aliphatic heterocycles. The van der Waals surface area contributed by atoms with E-state index in [2.05, 4.69) is 24.4 Å². The van der Waals surface area contributed by atoms with Crippen molar-refractivity contribution in [3.8, 4) is 0 Å². The molecule has 1 aromatic carbocycles. The second kappa shape index (κ2) is 3.64. The third-order valence-corrected chi connectivity index (χ3v) is 3.92. The zero-order valence-corrected chi connectivity index (χ0v) is 9.47. The molecule has 0 aromatic heterocycles. The van der Waals surface area contributed by atoms with E-state index in [1.54, 1.807) is 11.1 Å². The number of hydrogen-bond acceptors (Lipinski definition) is 1. The molecule has 0 bridgehead atoms. The van der Waals surface area contributed by atoms with Gasteiger partial charge < -0.3 is 5.32 Å². The Kier molecular flexibility index (Phi) is 2.28. The molecule has 0 amide bonds. The molecule has 0 radical (unpaired) electrons. The van der Waals surface area contributed by atoms with Gasteiger partial charge in [-0.25, -0.2) is 0 Å². The molecule has 1 saturated heterocycles. The molecule has 1 atom stereocenters.